The summed E-state index contributed by atoms with van der Waals surface area (Å²) in [5, 5.41) is 0. The summed E-state index contributed by atoms with van der Waals surface area (Å²) in [6.07, 6.45) is 2.93. The number of hydrogen-bond acceptors (Lipinski definition) is 2. The number of amides is 1. The number of carbonyl (C=O) groups excluding carboxylic acids is 1. The Morgan fingerprint density at radius 1 is 1.53 bits per heavy atom. The van der Waals surface area contributed by atoms with Gasteiger partial charge < -0.3 is 10.6 Å². The molecule has 1 amide bonds. The number of nitrogen functional groups attached to an aromatic ring is 1. The maximum Gasteiger partial charge on any atom is 0.229 e. The molecule has 0 bridgehead atoms. The molecule has 1 aromatic carbocycles. The standard InChI is InChI=1S/C14H20N2O/c1-3-4-10(2)14(17)16-8-7-11-9-12(15)5-6-13(11)16/h5-6,9-10H,3-4,7-8,15H2,1-2H3. The van der Waals surface area contributed by atoms with Gasteiger partial charge in [-0.3, -0.25) is 4.79 Å². The monoisotopic (exact) mass is 232 g/mol. The Morgan fingerprint density at radius 2 is 2.29 bits per heavy atom. The molecule has 92 valence electrons. The molecule has 0 radical (unpaired) electrons. The van der Waals surface area contributed by atoms with Crippen LogP contribution in [0.1, 0.15) is 32.3 Å². The second-order valence-electron chi connectivity index (χ2n) is 4.82. The lowest BCUT2D eigenvalue weighted by Crippen LogP contribution is -2.33. The molecular weight excluding hydrogens is 212 g/mol. The molecule has 0 aliphatic carbocycles. The topological polar surface area (TPSA) is 46.3 Å². The SMILES string of the molecule is CCCC(C)C(=O)N1CCc2cc(N)ccc21. The van der Waals surface area contributed by atoms with Crippen molar-refractivity contribution in [2.24, 2.45) is 5.92 Å². The molecule has 0 saturated heterocycles. The van der Waals surface area contributed by atoms with Gasteiger partial charge in [0.1, 0.15) is 0 Å². The van der Waals surface area contributed by atoms with Crippen LogP contribution in [0.3, 0.4) is 0 Å². The maximum absolute atomic E-state index is 12.3. The fourth-order valence-corrected chi connectivity index (χ4v) is 2.47. The molecule has 1 atom stereocenters. The van der Waals surface area contributed by atoms with Crippen molar-refractivity contribution in [3.8, 4) is 0 Å². The lowest BCUT2D eigenvalue weighted by Gasteiger charge is -2.21. The van der Waals surface area contributed by atoms with E-state index in [1.807, 2.05) is 30.0 Å². The molecule has 0 fully saturated rings. The third kappa shape index (κ3) is 2.28. The van der Waals surface area contributed by atoms with Crippen molar-refractivity contribution >= 4 is 17.3 Å². The van der Waals surface area contributed by atoms with Gasteiger partial charge >= 0.3 is 0 Å². The van der Waals surface area contributed by atoms with Gasteiger partial charge in [-0.15, -0.1) is 0 Å². The normalized spacial score (nSPS) is 15.8. The van der Waals surface area contributed by atoms with E-state index in [9.17, 15) is 4.79 Å². The Morgan fingerprint density at radius 3 is 3.00 bits per heavy atom. The van der Waals surface area contributed by atoms with Crippen LogP contribution in [0.25, 0.3) is 0 Å². The predicted molar refractivity (Wildman–Crippen MR) is 71.0 cm³/mol. The van der Waals surface area contributed by atoms with Gasteiger partial charge in [0.2, 0.25) is 5.91 Å². The minimum Gasteiger partial charge on any atom is -0.399 e. The van der Waals surface area contributed by atoms with E-state index in [-0.39, 0.29) is 11.8 Å². The van der Waals surface area contributed by atoms with Crippen LogP contribution in [0.15, 0.2) is 18.2 Å². The lowest BCUT2D eigenvalue weighted by atomic mass is 10.0. The number of anilines is 2. The number of nitrogens with two attached hydrogens (primary N) is 1. The zero-order valence-corrected chi connectivity index (χ0v) is 10.6. The van der Waals surface area contributed by atoms with Crippen molar-refractivity contribution in [1.29, 1.82) is 0 Å². The van der Waals surface area contributed by atoms with E-state index in [1.54, 1.807) is 0 Å². The minimum absolute atomic E-state index is 0.114. The summed E-state index contributed by atoms with van der Waals surface area (Å²) < 4.78 is 0. The van der Waals surface area contributed by atoms with Crippen LogP contribution in [-0.4, -0.2) is 12.5 Å². The van der Waals surface area contributed by atoms with E-state index in [0.29, 0.717) is 0 Å². The second kappa shape index (κ2) is 4.78. The van der Waals surface area contributed by atoms with Crippen LogP contribution in [-0.2, 0) is 11.2 Å². The van der Waals surface area contributed by atoms with E-state index in [0.717, 1.165) is 37.2 Å². The van der Waals surface area contributed by atoms with Crippen molar-refractivity contribution in [3.05, 3.63) is 23.8 Å². The third-order valence-corrected chi connectivity index (χ3v) is 3.41. The van der Waals surface area contributed by atoms with Gasteiger partial charge in [0.25, 0.3) is 0 Å². The molecule has 0 aromatic heterocycles. The van der Waals surface area contributed by atoms with Crippen LogP contribution in [0.2, 0.25) is 0 Å². The van der Waals surface area contributed by atoms with Crippen molar-refractivity contribution < 1.29 is 4.79 Å². The maximum atomic E-state index is 12.3. The second-order valence-corrected chi connectivity index (χ2v) is 4.82. The quantitative estimate of drug-likeness (QED) is 0.814. The number of fused-ring (bicyclic) bond motifs is 1. The van der Waals surface area contributed by atoms with Gasteiger partial charge in [-0.05, 0) is 36.6 Å². The molecule has 1 aliphatic heterocycles. The van der Waals surface area contributed by atoms with Crippen LogP contribution in [0, 0.1) is 5.92 Å². The van der Waals surface area contributed by atoms with Crippen molar-refractivity contribution in [1.82, 2.24) is 0 Å². The molecule has 2 N–H and O–H groups in total. The molecule has 0 spiro atoms. The van der Waals surface area contributed by atoms with Crippen molar-refractivity contribution in [2.75, 3.05) is 17.2 Å². The highest BCUT2D eigenvalue weighted by Crippen LogP contribution is 2.31. The summed E-state index contributed by atoms with van der Waals surface area (Å²) in [6.45, 7) is 4.93. The Bertz CT molecular complexity index is 428. The summed E-state index contributed by atoms with van der Waals surface area (Å²) in [7, 11) is 0. The molecule has 3 nitrogen and oxygen atoms in total. The van der Waals surface area contributed by atoms with Gasteiger partial charge in [-0.2, -0.15) is 0 Å². The molecule has 1 aromatic rings. The van der Waals surface area contributed by atoms with Gasteiger partial charge in [-0.25, -0.2) is 0 Å². The average Bonchev–Trinajstić information content (AvgIpc) is 2.71. The first-order valence-corrected chi connectivity index (χ1v) is 6.33. The minimum atomic E-state index is 0.114. The van der Waals surface area contributed by atoms with Gasteiger partial charge in [0.05, 0.1) is 0 Å². The number of benzene rings is 1. The summed E-state index contributed by atoms with van der Waals surface area (Å²) in [6, 6.07) is 5.82. The fourth-order valence-electron chi connectivity index (χ4n) is 2.47. The van der Waals surface area contributed by atoms with E-state index < -0.39 is 0 Å². The van der Waals surface area contributed by atoms with E-state index in [4.69, 9.17) is 5.73 Å². The molecule has 1 heterocycles. The van der Waals surface area contributed by atoms with E-state index in [1.165, 1.54) is 5.56 Å². The number of carbonyl (C=O) groups is 1. The molecule has 1 aliphatic rings. The van der Waals surface area contributed by atoms with Gasteiger partial charge in [-0.1, -0.05) is 20.3 Å². The van der Waals surface area contributed by atoms with Gasteiger partial charge in [0.15, 0.2) is 0 Å². The number of nitrogens with zero attached hydrogens (tertiary/aromatic N) is 1. The van der Waals surface area contributed by atoms with Crippen LogP contribution >= 0.6 is 0 Å². The fraction of sp³-hybridized carbons (Fsp3) is 0.500. The van der Waals surface area contributed by atoms with Crippen LogP contribution in [0.5, 0.6) is 0 Å². The first kappa shape index (κ1) is 12.0. The number of rotatable bonds is 3. The number of hydrogen-bond donors (Lipinski definition) is 1. The zero-order valence-electron chi connectivity index (χ0n) is 10.6. The molecule has 0 saturated carbocycles. The van der Waals surface area contributed by atoms with E-state index in [2.05, 4.69) is 6.92 Å². The smallest absolute Gasteiger partial charge is 0.229 e. The van der Waals surface area contributed by atoms with Crippen molar-refractivity contribution in [3.63, 3.8) is 0 Å². The van der Waals surface area contributed by atoms with E-state index >= 15 is 0 Å². The lowest BCUT2D eigenvalue weighted by molar-refractivity contribution is -0.122. The Kier molecular flexibility index (Phi) is 3.36. The highest BCUT2D eigenvalue weighted by molar-refractivity contribution is 5.97. The van der Waals surface area contributed by atoms with Gasteiger partial charge in [0, 0.05) is 23.8 Å². The molecule has 1 unspecified atom stereocenters. The summed E-state index contributed by atoms with van der Waals surface area (Å²) in [5.41, 5.74) is 8.78. The third-order valence-electron chi connectivity index (χ3n) is 3.41. The highest BCUT2D eigenvalue weighted by atomic mass is 16.2. The zero-order chi connectivity index (χ0) is 12.4. The highest BCUT2D eigenvalue weighted by Gasteiger charge is 2.27. The van der Waals surface area contributed by atoms with Crippen molar-refractivity contribution in [2.45, 2.75) is 33.1 Å². The Labute approximate surface area is 103 Å². The molecular formula is C14H20N2O. The Balaban J connectivity index is 2.19. The van der Waals surface area contributed by atoms with Crippen LogP contribution in [0.4, 0.5) is 11.4 Å². The molecule has 3 heteroatoms. The summed E-state index contributed by atoms with van der Waals surface area (Å²) in [5.74, 6) is 0.360. The largest absolute Gasteiger partial charge is 0.399 e. The molecule has 17 heavy (non-hydrogen) atoms. The first-order valence-electron chi connectivity index (χ1n) is 6.33. The molecule has 2 rings (SSSR count). The predicted octanol–water partition coefficient (Wildman–Crippen LogP) is 2.59. The average molecular weight is 232 g/mol. The summed E-state index contributed by atoms with van der Waals surface area (Å²) >= 11 is 0. The first-order chi connectivity index (χ1) is 8.13. The Hall–Kier alpha value is -1.51. The summed E-state index contributed by atoms with van der Waals surface area (Å²) in [4.78, 5) is 14.2. The van der Waals surface area contributed by atoms with Crippen LogP contribution < -0.4 is 10.6 Å².